The van der Waals surface area contributed by atoms with E-state index in [9.17, 15) is 17.6 Å². The molecule has 1 heterocycles. The highest BCUT2D eigenvalue weighted by Gasteiger charge is 2.39. The number of carbonyl (C=O) groups is 1. The molecule has 1 aliphatic heterocycles. The quantitative estimate of drug-likeness (QED) is 0.654. The first kappa shape index (κ1) is 21.8. The molecule has 0 N–H and O–H groups in total. The van der Waals surface area contributed by atoms with Crippen molar-refractivity contribution in [1.82, 2.24) is 9.21 Å². The molecule has 1 unspecified atom stereocenters. The van der Waals surface area contributed by atoms with Crippen LogP contribution in [0, 0.1) is 11.7 Å². The second kappa shape index (κ2) is 8.96. The van der Waals surface area contributed by atoms with Gasteiger partial charge in [-0.2, -0.15) is 4.31 Å². The Morgan fingerprint density at radius 2 is 1.77 bits per heavy atom. The molecule has 4 rings (SSSR count). The number of piperidine rings is 1. The Hall–Kier alpha value is -2.45. The summed E-state index contributed by atoms with van der Waals surface area (Å²) in [4.78, 5) is 15.3. The Morgan fingerprint density at radius 1 is 1.10 bits per heavy atom. The van der Waals surface area contributed by atoms with Gasteiger partial charge >= 0.3 is 0 Å². The first-order valence-corrected chi connectivity index (χ1v) is 12.0. The molecule has 0 spiro atoms. The number of halogens is 1. The molecule has 0 bridgehead atoms. The summed E-state index contributed by atoms with van der Waals surface area (Å²) in [6, 6.07) is 12.7. The van der Waals surface area contributed by atoms with E-state index in [-0.39, 0.29) is 29.3 Å². The zero-order chi connectivity index (χ0) is 22.0. The third kappa shape index (κ3) is 4.91. The predicted octanol–water partition coefficient (Wildman–Crippen LogP) is 3.43. The minimum absolute atomic E-state index is 0.0114. The largest absolute Gasteiger partial charge is 0.497 e. The molecule has 166 valence electrons. The molecule has 2 fully saturated rings. The Balaban J connectivity index is 1.48. The summed E-state index contributed by atoms with van der Waals surface area (Å²) in [7, 11) is -2.15. The van der Waals surface area contributed by atoms with E-state index in [0.717, 1.165) is 36.3 Å². The molecule has 0 aromatic heterocycles. The Morgan fingerprint density at radius 3 is 2.39 bits per heavy atom. The van der Waals surface area contributed by atoms with E-state index in [0.29, 0.717) is 25.9 Å². The van der Waals surface area contributed by atoms with Gasteiger partial charge in [0.15, 0.2) is 0 Å². The van der Waals surface area contributed by atoms with Crippen LogP contribution >= 0.6 is 0 Å². The van der Waals surface area contributed by atoms with Crippen LogP contribution in [0.1, 0.15) is 31.2 Å². The van der Waals surface area contributed by atoms with Gasteiger partial charge in [-0.05, 0) is 67.6 Å². The van der Waals surface area contributed by atoms with Crippen molar-refractivity contribution in [3.05, 3.63) is 59.9 Å². The summed E-state index contributed by atoms with van der Waals surface area (Å²) in [5, 5.41) is 0. The number of rotatable bonds is 7. The molecule has 8 heteroatoms. The van der Waals surface area contributed by atoms with E-state index in [2.05, 4.69) is 0 Å². The highest BCUT2D eigenvalue weighted by atomic mass is 32.2. The van der Waals surface area contributed by atoms with E-state index in [1.54, 1.807) is 7.11 Å². The molecule has 1 atom stereocenters. The number of sulfonamides is 1. The lowest BCUT2D eigenvalue weighted by Crippen LogP contribution is -2.47. The number of amides is 1. The molecule has 1 aliphatic carbocycles. The zero-order valence-electron chi connectivity index (χ0n) is 17.5. The van der Waals surface area contributed by atoms with Gasteiger partial charge in [0.2, 0.25) is 15.9 Å². The zero-order valence-corrected chi connectivity index (χ0v) is 18.4. The number of methoxy groups -OCH3 is 1. The Bertz CT molecular complexity index is 1020. The third-order valence-corrected chi connectivity index (χ3v) is 7.85. The van der Waals surface area contributed by atoms with Crippen molar-refractivity contribution < 1.29 is 22.3 Å². The van der Waals surface area contributed by atoms with Gasteiger partial charge in [0, 0.05) is 25.7 Å². The van der Waals surface area contributed by atoms with E-state index >= 15 is 0 Å². The number of nitrogens with zero attached hydrogens (tertiary/aromatic N) is 2. The van der Waals surface area contributed by atoms with Crippen molar-refractivity contribution >= 4 is 15.9 Å². The molecule has 1 saturated carbocycles. The van der Waals surface area contributed by atoms with Gasteiger partial charge in [-0.15, -0.1) is 0 Å². The number of hydrogen-bond acceptors (Lipinski definition) is 4. The normalized spacial score (nSPS) is 19.7. The summed E-state index contributed by atoms with van der Waals surface area (Å²) < 4.78 is 45.8. The number of benzene rings is 2. The van der Waals surface area contributed by atoms with Crippen LogP contribution in [0.2, 0.25) is 0 Å². The van der Waals surface area contributed by atoms with Crippen molar-refractivity contribution in [3.63, 3.8) is 0 Å². The van der Waals surface area contributed by atoms with Crippen LogP contribution in [0.5, 0.6) is 5.75 Å². The van der Waals surface area contributed by atoms with Crippen molar-refractivity contribution in [2.24, 2.45) is 5.92 Å². The fourth-order valence-corrected chi connectivity index (χ4v) is 5.58. The van der Waals surface area contributed by atoms with Gasteiger partial charge in [0.25, 0.3) is 0 Å². The summed E-state index contributed by atoms with van der Waals surface area (Å²) in [6.45, 7) is 1.03. The SMILES string of the molecule is COc1ccc(CN(C(=O)C2CCCN(S(=O)(=O)c3ccc(F)cc3)C2)C2CC2)cc1. The van der Waals surface area contributed by atoms with Gasteiger partial charge in [-0.3, -0.25) is 4.79 Å². The van der Waals surface area contributed by atoms with Crippen LogP contribution in [0.4, 0.5) is 4.39 Å². The smallest absolute Gasteiger partial charge is 0.243 e. The van der Waals surface area contributed by atoms with E-state index in [4.69, 9.17) is 4.74 Å². The molecular formula is C23H27FN2O4S. The maximum atomic E-state index is 13.4. The third-order valence-electron chi connectivity index (χ3n) is 5.97. The van der Waals surface area contributed by atoms with E-state index < -0.39 is 15.8 Å². The lowest BCUT2D eigenvalue weighted by molar-refractivity contribution is -0.138. The second-order valence-corrected chi connectivity index (χ2v) is 10.1. The average Bonchev–Trinajstić information content (AvgIpc) is 3.63. The second-order valence-electron chi connectivity index (χ2n) is 8.20. The summed E-state index contributed by atoms with van der Waals surface area (Å²) in [5.74, 6) is -0.0774. The Labute approximate surface area is 182 Å². The summed E-state index contributed by atoms with van der Waals surface area (Å²) in [5.41, 5.74) is 1.02. The standard InChI is InChI=1S/C23H27FN2O4S/c1-30-21-10-4-17(5-11-21)15-26(20-8-9-20)23(27)18-3-2-14-25(16-18)31(28,29)22-12-6-19(24)7-13-22/h4-7,10-13,18,20H,2-3,8-9,14-16H2,1H3. The lowest BCUT2D eigenvalue weighted by Gasteiger charge is -2.34. The molecule has 6 nitrogen and oxygen atoms in total. The first-order valence-electron chi connectivity index (χ1n) is 10.6. The highest BCUT2D eigenvalue weighted by molar-refractivity contribution is 7.89. The van der Waals surface area contributed by atoms with Crippen molar-refractivity contribution in [2.45, 2.75) is 43.2 Å². The van der Waals surface area contributed by atoms with Crippen LogP contribution in [0.25, 0.3) is 0 Å². The van der Waals surface area contributed by atoms with Gasteiger partial charge in [0.1, 0.15) is 11.6 Å². The van der Waals surface area contributed by atoms with Crippen LogP contribution in [-0.4, -0.2) is 49.8 Å². The maximum Gasteiger partial charge on any atom is 0.243 e. The number of hydrogen-bond donors (Lipinski definition) is 0. The van der Waals surface area contributed by atoms with Gasteiger partial charge in [-0.1, -0.05) is 12.1 Å². The Kier molecular flexibility index (Phi) is 6.29. The molecule has 31 heavy (non-hydrogen) atoms. The van der Waals surface area contributed by atoms with Crippen molar-refractivity contribution in [3.8, 4) is 5.75 Å². The summed E-state index contributed by atoms with van der Waals surface area (Å²) >= 11 is 0. The van der Waals surface area contributed by atoms with Crippen LogP contribution in [-0.2, 0) is 21.4 Å². The summed E-state index contributed by atoms with van der Waals surface area (Å²) in [6.07, 6.45) is 3.25. The fraction of sp³-hybridized carbons (Fsp3) is 0.435. The molecule has 0 radical (unpaired) electrons. The van der Waals surface area contributed by atoms with Crippen LogP contribution < -0.4 is 4.74 Å². The molecule has 2 aromatic rings. The molecule has 1 saturated heterocycles. The predicted molar refractivity (Wildman–Crippen MR) is 114 cm³/mol. The number of ether oxygens (including phenoxy) is 1. The lowest BCUT2D eigenvalue weighted by atomic mass is 9.97. The van der Waals surface area contributed by atoms with Gasteiger partial charge in [-0.25, -0.2) is 12.8 Å². The fourth-order valence-electron chi connectivity index (χ4n) is 4.05. The molecular weight excluding hydrogens is 419 g/mol. The van der Waals surface area contributed by atoms with Crippen molar-refractivity contribution in [1.29, 1.82) is 0 Å². The average molecular weight is 447 g/mol. The van der Waals surface area contributed by atoms with Crippen LogP contribution in [0.15, 0.2) is 53.4 Å². The minimum atomic E-state index is -3.76. The minimum Gasteiger partial charge on any atom is -0.497 e. The van der Waals surface area contributed by atoms with E-state index in [1.807, 2.05) is 29.2 Å². The van der Waals surface area contributed by atoms with Gasteiger partial charge in [0.05, 0.1) is 17.9 Å². The molecule has 2 aromatic carbocycles. The highest BCUT2D eigenvalue weighted by Crippen LogP contribution is 2.32. The monoisotopic (exact) mass is 446 g/mol. The van der Waals surface area contributed by atoms with Crippen LogP contribution in [0.3, 0.4) is 0 Å². The topological polar surface area (TPSA) is 66.9 Å². The number of carbonyl (C=O) groups excluding carboxylic acids is 1. The van der Waals surface area contributed by atoms with Crippen molar-refractivity contribution in [2.75, 3.05) is 20.2 Å². The molecule has 2 aliphatic rings. The maximum absolute atomic E-state index is 13.4. The van der Waals surface area contributed by atoms with Gasteiger partial charge < -0.3 is 9.64 Å². The van der Waals surface area contributed by atoms with E-state index in [1.165, 1.54) is 16.4 Å². The molecule has 1 amide bonds. The first-order chi connectivity index (χ1) is 14.9.